The Bertz CT molecular complexity index is 711. The summed E-state index contributed by atoms with van der Waals surface area (Å²) in [5.74, 6) is -1.38. The number of carboxylic acids is 1. The van der Waals surface area contributed by atoms with Crippen molar-refractivity contribution in [3.05, 3.63) is 65.2 Å². The molecule has 0 bridgehead atoms. The quantitative estimate of drug-likeness (QED) is 0.731. The lowest BCUT2D eigenvalue weighted by Crippen LogP contribution is -2.41. The van der Waals surface area contributed by atoms with Crippen molar-refractivity contribution in [2.45, 2.75) is 32.9 Å². The van der Waals surface area contributed by atoms with Crippen LogP contribution in [0.25, 0.3) is 0 Å². The fourth-order valence-corrected chi connectivity index (χ4v) is 2.45. The molecule has 3 N–H and O–H groups in total. The standard InChI is InChI=1S/C19H22N2O3/c1-13-5-3-4-6-16(13)12-20-17-9-7-15(8-10-17)11-18(19(23)24)21-14(2)22/h3-10,18,20H,11-12H2,1-2H3,(H,21,22)(H,23,24)/t18-/m0/s1. The number of anilines is 1. The molecule has 0 aliphatic carbocycles. The molecule has 0 saturated carbocycles. The van der Waals surface area contributed by atoms with Gasteiger partial charge in [0.2, 0.25) is 5.91 Å². The van der Waals surface area contributed by atoms with Gasteiger partial charge >= 0.3 is 5.97 Å². The highest BCUT2D eigenvalue weighted by atomic mass is 16.4. The van der Waals surface area contributed by atoms with E-state index in [1.807, 2.05) is 36.4 Å². The van der Waals surface area contributed by atoms with E-state index in [4.69, 9.17) is 5.11 Å². The highest BCUT2D eigenvalue weighted by Gasteiger charge is 2.18. The molecular weight excluding hydrogens is 304 g/mol. The van der Waals surface area contributed by atoms with Crippen LogP contribution >= 0.6 is 0 Å². The molecule has 126 valence electrons. The summed E-state index contributed by atoms with van der Waals surface area (Å²) >= 11 is 0. The minimum absolute atomic E-state index is 0.257. The van der Waals surface area contributed by atoms with Gasteiger partial charge in [0.15, 0.2) is 0 Å². The molecule has 5 nitrogen and oxygen atoms in total. The zero-order chi connectivity index (χ0) is 17.5. The Balaban J connectivity index is 1.96. The number of rotatable bonds is 7. The summed E-state index contributed by atoms with van der Waals surface area (Å²) in [6, 6.07) is 14.9. The highest BCUT2D eigenvalue weighted by molar-refractivity contribution is 5.82. The Morgan fingerprint density at radius 2 is 1.75 bits per heavy atom. The first-order valence-corrected chi connectivity index (χ1v) is 7.83. The van der Waals surface area contributed by atoms with Crippen molar-refractivity contribution >= 4 is 17.6 Å². The lowest BCUT2D eigenvalue weighted by Gasteiger charge is -2.14. The van der Waals surface area contributed by atoms with E-state index in [-0.39, 0.29) is 12.3 Å². The summed E-state index contributed by atoms with van der Waals surface area (Å²) in [7, 11) is 0. The molecular formula is C19H22N2O3. The van der Waals surface area contributed by atoms with Crippen molar-refractivity contribution in [3.8, 4) is 0 Å². The van der Waals surface area contributed by atoms with Gasteiger partial charge in [-0.1, -0.05) is 36.4 Å². The molecule has 0 aliphatic rings. The second-order valence-corrected chi connectivity index (χ2v) is 5.77. The van der Waals surface area contributed by atoms with E-state index in [0.29, 0.717) is 0 Å². The van der Waals surface area contributed by atoms with Crippen LogP contribution in [0.2, 0.25) is 0 Å². The van der Waals surface area contributed by atoms with E-state index < -0.39 is 12.0 Å². The van der Waals surface area contributed by atoms with E-state index in [9.17, 15) is 9.59 Å². The molecule has 0 heterocycles. The summed E-state index contributed by atoms with van der Waals surface area (Å²) < 4.78 is 0. The topological polar surface area (TPSA) is 78.4 Å². The minimum Gasteiger partial charge on any atom is -0.480 e. The van der Waals surface area contributed by atoms with Crippen LogP contribution in [-0.2, 0) is 22.6 Å². The fourth-order valence-electron chi connectivity index (χ4n) is 2.45. The van der Waals surface area contributed by atoms with Crippen LogP contribution in [0.4, 0.5) is 5.69 Å². The Morgan fingerprint density at radius 1 is 1.08 bits per heavy atom. The number of aliphatic carboxylic acids is 1. The van der Waals surface area contributed by atoms with Crippen LogP contribution in [0.3, 0.4) is 0 Å². The molecule has 0 spiro atoms. The molecule has 0 unspecified atom stereocenters. The third-order valence-electron chi connectivity index (χ3n) is 3.81. The molecule has 0 saturated heterocycles. The Kier molecular flexibility index (Phi) is 5.95. The normalized spacial score (nSPS) is 11.6. The third kappa shape index (κ3) is 5.12. The predicted molar refractivity (Wildman–Crippen MR) is 93.9 cm³/mol. The molecule has 2 aromatic carbocycles. The van der Waals surface area contributed by atoms with Crippen LogP contribution in [0.15, 0.2) is 48.5 Å². The number of amides is 1. The maximum atomic E-state index is 11.2. The largest absolute Gasteiger partial charge is 0.480 e. The first-order chi connectivity index (χ1) is 11.5. The molecule has 0 aliphatic heterocycles. The number of benzene rings is 2. The van der Waals surface area contributed by atoms with Gasteiger partial charge in [0.1, 0.15) is 6.04 Å². The molecule has 0 radical (unpaired) electrons. The van der Waals surface area contributed by atoms with Gasteiger partial charge in [0.25, 0.3) is 0 Å². The Labute approximate surface area is 141 Å². The molecule has 5 heteroatoms. The summed E-state index contributed by atoms with van der Waals surface area (Å²) in [6.07, 6.45) is 0.257. The van der Waals surface area contributed by atoms with Crippen LogP contribution in [-0.4, -0.2) is 23.0 Å². The van der Waals surface area contributed by atoms with Crippen molar-refractivity contribution in [2.75, 3.05) is 5.32 Å². The first kappa shape index (κ1) is 17.5. The molecule has 1 amide bonds. The monoisotopic (exact) mass is 326 g/mol. The van der Waals surface area contributed by atoms with E-state index in [2.05, 4.69) is 29.7 Å². The average Bonchev–Trinajstić information content (AvgIpc) is 2.54. The lowest BCUT2D eigenvalue weighted by molar-refractivity contribution is -0.141. The summed E-state index contributed by atoms with van der Waals surface area (Å²) in [5.41, 5.74) is 4.30. The van der Waals surface area contributed by atoms with Gasteiger partial charge in [-0.05, 0) is 35.7 Å². The second-order valence-electron chi connectivity index (χ2n) is 5.77. The van der Waals surface area contributed by atoms with Gasteiger partial charge in [0, 0.05) is 25.6 Å². The van der Waals surface area contributed by atoms with Crippen molar-refractivity contribution in [1.29, 1.82) is 0 Å². The highest BCUT2D eigenvalue weighted by Crippen LogP contribution is 2.14. The van der Waals surface area contributed by atoms with Crippen molar-refractivity contribution in [2.24, 2.45) is 0 Å². The maximum Gasteiger partial charge on any atom is 0.326 e. The fraction of sp³-hybridized carbons (Fsp3) is 0.263. The van der Waals surface area contributed by atoms with E-state index in [0.717, 1.165) is 17.8 Å². The van der Waals surface area contributed by atoms with Crippen LogP contribution < -0.4 is 10.6 Å². The summed E-state index contributed by atoms with van der Waals surface area (Å²) in [4.78, 5) is 22.2. The molecule has 1 atom stereocenters. The summed E-state index contributed by atoms with van der Waals surface area (Å²) in [5, 5.41) is 14.9. The van der Waals surface area contributed by atoms with E-state index >= 15 is 0 Å². The van der Waals surface area contributed by atoms with Crippen molar-refractivity contribution in [3.63, 3.8) is 0 Å². The lowest BCUT2D eigenvalue weighted by atomic mass is 10.1. The average molecular weight is 326 g/mol. The van der Waals surface area contributed by atoms with Gasteiger partial charge in [0.05, 0.1) is 0 Å². The van der Waals surface area contributed by atoms with Crippen LogP contribution in [0, 0.1) is 6.92 Å². The number of hydrogen-bond donors (Lipinski definition) is 3. The zero-order valence-corrected chi connectivity index (χ0v) is 13.9. The first-order valence-electron chi connectivity index (χ1n) is 7.83. The second kappa shape index (κ2) is 8.15. The molecule has 2 rings (SSSR count). The zero-order valence-electron chi connectivity index (χ0n) is 13.9. The molecule has 24 heavy (non-hydrogen) atoms. The summed E-state index contributed by atoms with van der Waals surface area (Å²) in [6.45, 7) is 4.12. The maximum absolute atomic E-state index is 11.2. The van der Waals surface area contributed by atoms with Crippen molar-refractivity contribution < 1.29 is 14.7 Å². The van der Waals surface area contributed by atoms with Gasteiger partial charge in [-0.2, -0.15) is 0 Å². The molecule has 2 aromatic rings. The minimum atomic E-state index is -1.04. The Hall–Kier alpha value is -2.82. The smallest absolute Gasteiger partial charge is 0.326 e. The number of aryl methyl sites for hydroxylation is 1. The van der Waals surface area contributed by atoms with Crippen LogP contribution in [0.1, 0.15) is 23.6 Å². The van der Waals surface area contributed by atoms with Crippen molar-refractivity contribution in [1.82, 2.24) is 5.32 Å². The van der Waals surface area contributed by atoms with Gasteiger partial charge < -0.3 is 15.7 Å². The molecule has 0 fully saturated rings. The number of carboxylic acid groups (broad SMARTS) is 1. The number of carbonyl (C=O) groups excluding carboxylic acids is 1. The SMILES string of the molecule is CC(=O)N[C@@H](Cc1ccc(NCc2ccccc2C)cc1)C(=O)O. The van der Waals surface area contributed by atoms with Gasteiger partial charge in [-0.3, -0.25) is 4.79 Å². The van der Waals surface area contributed by atoms with E-state index in [1.54, 1.807) is 0 Å². The molecule has 0 aromatic heterocycles. The van der Waals surface area contributed by atoms with Gasteiger partial charge in [-0.25, -0.2) is 4.79 Å². The Morgan fingerprint density at radius 3 is 2.33 bits per heavy atom. The third-order valence-corrected chi connectivity index (χ3v) is 3.81. The van der Waals surface area contributed by atoms with E-state index in [1.165, 1.54) is 18.1 Å². The number of hydrogen-bond acceptors (Lipinski definition) is 3. The van der Waals surface area contributed by atoms with Gasteiger partial charge in [-0.15, -0.1) is 0 Å². The number of carbonyl (C=O) groups is 2. The number of nitrogens with one attached hydrogen (secondary N) is 2. The van der Waals surface area contributed by atoms with Crippen LogP contribution in [0.5, 0.6) is 0 Å². The predicted octanol–water partition coefficient (Wildman–Crippen LogP) is 2.74.